The lowest BCUT2D eigenvalue weighted by Crippen LogP contribution is -2.54. The Kier molecular flexibility index (Phi) is 8.28. The van der Waals surface area contributed by atoms with E-state index in [0.29, 0.717) is 6.07 Å². The van der Waals surface area contributed by atoms with Gasteiger partial charge in [0.2, 0.25) is 11.8 Å². The third kappa shape index (κ3) is 6.30. The van der Waals surface area contributed by atoms with Gasteiger partial charge >= 0.3 is 0 Å². The van der Waals surface area contributed by atoms with E-state index in [9.17, 15) is 28.3 Å². The van der Waals surface area contributed by atoms with Crippen LogP contribution in [0.4, 0.5) is 8.78 Å². The zero-order valence-corrected chi connectivity index (χ0v) is 20.5. The van der Waals surface area contributed by atoms with Crippen LogP contribution in [0.3, 0.4) is 0 Å². The SMILES string of the molecule is C[C@H](NC(=O)[C@H](O)c1cc(F)cc(F)c1)C(=O)N[C@@H]1C(=O)N[C@@H](c2ccccc2)C=C[C@@H]1c1ccccc1. The number of aliphatic hydroxyl groups excluding tert-OH is 1. The summed E-state index contributed by atoms with van der Waals surface area (Å²) < 4.78 is 27.0. The zero-order valence-electron chi connectivity index (χ0n) is 20.5. The maximum Gasteiger partial charge on any atom is 0.254 e. The van der Waals surface area contributed by atoms with Crippen molar-refractivity contribution in [3.63, 3.8) is 0 Å². The first-order valence-electron chi connectivity index (χ1n) is 12.1. The number of carbonyl (C=O) groups is 3. The Morgan fingerprint density at radius 3 is 2.05 bits per heavy atom. The van der Waals surface area contributed by atoms with E-state index < -0.39 is 59.5 Å². The molecule has 1 heterocycles. The van der Waals surface area contributed by atoms with Gasteiger partial charge in [-0.05, 0) is 35.7 Å². The molecule has 1 aliphatic rings. The Labute approximate surface area is 218 Å². The van der Waals surface area contributed by atoms with Gasteiger partial charge in [-0.3, -0.25) is 14.4 Å². The summed E-state index contributed by atoms with van der Waals surface area (Å²) in [5.41, 5.74) is 1.38. The summed E-state index contributed by atoms with van der Waals surface area (Å²) in [6.07, 6.45) is 1.83. The van der Waals surface area contributed by atoms with Gasteiger partial charge in [0.15, 0.2) is 6.10 Å². The van der Waals surface area contributed by atoms with Crippen LogP contribution in [-0.2, 0) is 14.4 Å². The van der Waals surface area contributed by atoms with Gasteiger partial charge in [-0.2, -0.15) is 0 Å². The fourth-order valence-electron chi connectivity index (χ4n) is 4.31. The molecule has 0 spiro atoms. The summed E-state index contributed by atoms with van der Waals surface area (Å²) in [7, 11) is 0. The van der Waals surface area contributed by atoms with Crippen molar-refractivity contribution in [2.75, 3.05) is 0 Å². The molecule has 9 heteroatoms. The van der Waals surface area contributed by atoms with Crippen LogP contribution >= 0.6 is 0 Å². The molecule has 3 amide bonds. The van der Waals surface area contributed by atoms with Crippen LogP contribution in [0.5, 0.6) is 0 Å². The number of carbonyl (C=O) groups excluding carboxylic acids is 3. The van der Waals surface area contributed by atoms with Crippen LogP contribution in [0.15, 0.2) is 91.0 Å². The molecule has 196 valence electrons. The second-order valence-corrected chi connectivity index (χ2v) is 9.04. The highest BCUT2D eigenvalue weighted by Crippen LogP contribution is 2.28. The molecule has 0 saturated carbocycles. The van der Waals surface area contributed by atoms with E-state index in [4.69, 9.17) is 0 Å². The molecule has 4 N–H and O–H groups in total. The lowest BCUT2D eigenvalue weighted by atomic mass is 9.90. The van der Waals surface area contributed by atoms with Crippen LogP contribution in [0.2, 0.25) is 0 Å². The fraction of sp³-hybridized carbons (Fsp3) is 0.207. The van der Waals surface area contributed by atoms with Crippen LogP contribution in [0, 0.1) is 11.6 Å². The lowest BCUT2D eigenvalue weighted by Gasteiger charge is -2.26. The van der Waals surface area contributed by atoms with Crippen molar-refractivity contribution >= 4 is 17.7 Å². The Bertz CT molecular complexity index is 1310. The molecule has 0 unspecified atom stereocenters. The predicted molar refractivity (Wildman–Crippen MR) is 137 cm³/mol. The molecule has 0 bridgehead atoms. The third-order valence-electron chi connectivity index (χ3n) is 6.29. The molecule has 0 aliphatic carbocycles. The number of nitrogens with one attached hydrogen (secondary N) is 3. The largest absolute Gasteiger partial charge is 0.378 e. The van der Waals surface area contributed by atoms with E-state index in [1.165, 1.54) is 6.92 Å². The molecule has 7 nitrogen and oxygen atoms in total. The quantitative estimate of drug-likeness (QED) is 0.360. The molecular formula is C29H27F2N3O4. The van der Waals surface area contributed by atoms with E-state index in [2.05, 4.69) is 16.0 Å². The van der Waals surface area contributed by atoms with Gasteiger partial charge < -0.3 is 21.1 Å². The number of benzene rings is 3. The molecule has 0 radical (unpaired) electrons. The fourth-order valence-corrected chi connectivity index (χ4v) is 4.31. The minimum atomic E-state index is -1.90. The number of hydrogen-bond acceptors (Lipinski definition) is 4. The van der Waals surface area contributed by atoms with Crippen LogP contribution in [0.25, 0.3) is 0 Å². The topological polar surface area (TPSA) is 108 Å². The van der Waals surface area contributed by atoms with E-state index in [1.54, 1.807) is 0 Å². The van der Waals surface area contributed by atoms with Crippen molar-refractivity contribution in [2.45, 2.75) is 37.1 Å². The van der Waals surface area contributed by atoms with Gasteiger partial charge in [-0.25, -0.2) is 8.78 Å². The first kappa shape index (κ1) is 26.7. The maximum absolute atomic E-state index is 13.5. The van der Waals surface area contributed by atoms with Crippen LogP contribution in [-0.4, -0.2) is 34.9 Å². The van der Waals surface area contributed by atoms with E-state index in [1.807, 2.05) is 72.8 Å². The van der Waals surface area contributed by atoms with Crippen molar-refractivity contribution in [3.8, 4) is 0 Å². The average Bonchev–Trinajstić information content (AvgIpc) is 3.07. The first-order valence-corrected chi connectivity index (χ1v) is 12.1. The van der Waals surface area contributed by atoms with Crippen molar-refractivity contribution in [2.24, 2.45) is 0 Å². The molecule has 0 saturated heterocycles. The van der Waals surface area contributed by atoms with E-state index in [-0.39, 0.29) is 5.56 Å². The van der Waals surface area contributed by atoms with Crippen LogP contribution < -0.4 is 16.0 Å². The summed E-state index contributed by atoms with van der Waals surface area (Å²) in [4.78, 5) is 38.9. The Balaban J connectivity index is 1.50. The Morgan fingerprint density at radius 1 is 0.868 bits per heavy atom. The van der Waals surface area contributed by atoms with E-state index >= 15 is 0 Å². The van der Waals surface area contributed by atoms with Gasteiger partial charge in [-0.15, -0.1) is 0 Å². The number of amides is 3. The second-order valence-electron chi connectivity index (χ2n) is 9.04. The monoisotopic (exact) mass is 519 g/mol. The minimum absolute atomic E-state index is 0.294. The maximum atomic E-state index is 13.5. The van der Waals surface area contributed by atoms with Crippen LogP contribution in [0.1, 0.15) is 41.7 Å². The second kappa shape index (κ2) is 11.8. The smallest absolute Gasteiger partial charge is 0.254 e. The number of hydrogen-bond donors (Lipinski definition) is 4. The summed E-state index contributed by atoms with van der Waals surface area (Å²) in [6.45, 7) is 1.38. The Morgan fingerprint density at radius 2 is 1.45 bits per heavy atom. The summed E-state index contributed by atoms with van der Waals surface area (Å²) >= 11 is 0. The molecule has 5 atom stereocenters. The van der Waals surface area contributed by atoms with E-state index in [0.717, 1.165) is 23.3 Å². The highest BCUT2D eigenvalue weighted by Gasteiger charge is 2.34. The summed E-state index contributed by atoms with van der Waals surface area (Å²) in [5.74, 6) is -4.52. The van der Waals surface area contributed by atoms with Gasteiger partial charge in [0.25, 0.3) is 5.91 Å². The molecule has 38 heavy (non-hydrogen) atoms. The molecule has 0 fully saturated rings. The number of rotatable bonds is 7. The predicted octanol–water partition coefficient (Wildman–Crippen LogP) is 3.20. The average molecular weight is 520 g/mol. The Hall–Kier alpha value is -4.37. The van der Waals surface area contributed by atoms with Crippen molar-refractivity contribution in [1.82, 2.24) is 16.0 Å². The first-order chi connectivity index (χ1) is 18.2. The number of halogens is 2. The summed E-state index contributed by atoms with van der Waals surface area (Å²) in [5, 5.41) is 18.2. The van der Waals surface area contributed by atoms with Gasteiger partial charge in [0.05, 0.1) is 6.04 Å². The lowest BCUT2D eigenvalue weighted by molar-refractivity contribution is -0.135. The highest BCUT2D eigenvalue weighted by molar-refractivity contribution is 5.93. The molecular weight excluding hydrogens is 492 g/mol. The summed E-state index contributed by atoms with van der Waals surface area (Å²) in [6, 6.07) is 18.3. The minimum Gasteiger partial charge on any atom is -0.378 e. The molecule has 1 aliphatic heterocycles. The van der Waals surface area contributed by atoms with Crippen molar-refractivity contribution in [1.29, 1.82) is 0 Å². The number of aliphatic hydroxyl groups is 1. The molecule has 0 aromatic heterocycles. The molecule has 4 rings (SSSR count). The standard InChI is InChI=1S/C29H27F2N3O4/c1-17(32-29(38)26(35)20-14-21(30)16-22(31)15-20)27(36)34-25-23(18-8-4-2-5-9-18)12-13-24(33-28(25)37)19-10-6-3-7-11-19/h2-17,23-26,35H,1H3,(H,32,38)(H,33,37)(H,34,36)/t17-,23+,24+,25-,26+/m0/s1. The zero-order chi connectivity index (χ0) is 27.2. The third-order valence-corrected chi connectivity index (χ3v) is 6.29. The highest BCUT2D eigenvalue weighted by atomic mass is 19.1. The van der Waals surface area contributed by atoms with Crippen molar-refractivity contribution < 1.29 is 28.3 Å². The molecule has 3 aromatic carbocycles. The van der Waals surface area contributed by atoms with Crippen molar-refractivity contribution in [3.05, 3.63) is 119 Å². The molecule has 3 aromatic rings. The normalized spacial score (nSPS) is 20.5. The van der Waals surface area contributed by atoms with Gasteiger partial charge in [0.1, 0.15) is 23.7 Å². The van der Waals surface area contributed by atoms with Gasteiger partial charge in [0, 0.05) is 12.0 Å². The van der Waals surface area contributed by atoms with Gasteiger partial charge in [-0.1, -0.05) is 72.8 Å².